The highest BCUT2D eigenvalue weighted by Crippen LogP contribution is 2.41. The van der Waals surface area contributed by atoms with Crippen molar-refractivity contribution < 1.29 is 14.3 Å². The molecule has 4 rings (SSSR count). The number of carbonyl (C=O) groups is 1. The van der Waals surface area contributed by atoms with Crippen LogP contribution in [0.3, 0.4) is 0 Å². The fraction of sp³-hybridized carbons (Fsp3) is 0.333. The molecule has 0 saturated heterocycles. The van der Waals surface area contributed by atoms with Crippen LogP contribution in [0.4, 0.5) is 9.18 Å². The molecule has 1 amide bonds. The number of aromatic nitrogens is 1. The van der Waals surface area contributed by atoms with Crippen LogP contribution in [0.25, 0.3) is 0 Å². The van der Waals surface area contributed by atoms with E-state index in [4.69, 9.17) is 0 Å². The molecular weight excluding hydrogens is 331 g/mol. The van der Waals surface area contributed by atoms with Gasteiger partial charge in [0, 0.05) is 29.3 Å². The van der Waals surface area contributed by atoms with Crippen LogP contribution in [-0.4, -0.2) is 27.1 Å². The molecule has 1 N–H and O–H groups in total. The summed E-state index contributed by atoms with van der Waals surface area (Å²) in [6.07, 6.45) is 4.92. The molecule has 0 spiro atoms. The lowest BCUT2D eigenvalue weighted by Crippen LogP contribution is -2.47. The molecule has 1 aliphatic heterocycles. The minimum atomic E-state index is -0.871. The second kappa shape index (κ2) is 6.80. The van der Waals surface area contributed by atoms with E-state index in [0.717, 1.165) is 36.9 Å². The van der Waals surface area contributed by atoms with Gasteiger partial charge in [-0.25, -0.2) is 9.18 Å². The largest absolute Gasteiger partial charge is 0.465 e. The van der Waals surface area contributed by atoms with Crippen molar-refractivity contribution in [1.82, 2.24) is 9.88 Å². The van der Waals surface area contributed by atoms with Crippen LogP contribution >= 0.6 is 0 Å². The lowest BCUT2D eigenvalue weighted by atomic mass is 9.77. The van der Waals surface area contributed by atoms with Crippen LogP contribution < -0.4 is 0 Å². The molecular formula is C21H19FN2O2. The molecule has 0 bridgehead atoms. The SMILES string of the molecule is O=C(O)N1Cc2cc(C#Cc3cccc(F)c3)cnc2C2CCCCC21. The minimum Gasteiger partial charge on any atom is -0.465 e. The molecule has 2 heterocycles. The first kappa shape index (κ1) is 16.6. The fourth-order valence-electron chi connectivity index (χ4n) is 4.07. The van der Waals surface area contributed by atoms with Crippen LogP contribution in [0.2, 0.25) is 0 Å². The number of benzene rings is 1. The minimum absolute atomic E-state index is 0.0329. The third-order valence-electron chi connectivity index (χ3n) is 5.24. The van der Waals surface area contributed by atoms with Crippen molar-refractivity contribution in [3.63, 3.8) is 0 Å². The Kier molecular flexibility index (Phi) is 4.34. The highest BCUT2D eigenvalue weighted by Gasteiger charge is 2.39. The molecule has 1 saturated carbocycles. The van der Waals surface area contributed by atoms with Gasteiger partial charge in [-0.1, -0.05) is 30.7 Å². The van der Waals surface area contributed by atoms with E-state index >= 15 is 0 Å². The van der Waals surface area contributed by atoms with Crippen molar-refractivity contribution in [1.29, 1.82) is 0 Å². The Hall–Kier alpha value is -2.87. The number of hydrogen-bond acceptors (Lipinski definition) is 2. The highest BCUT2D eigenvalue weighted by molar-refractivity contribution is 5.66. The number of pyridine rings is 1. The van der Waals surface area contributed by atoms with Gasteiger partial charge in [0.25, 0.3) is 0 Å². The van der Waals surface area contributed by atoms with Crippen molar-refractivity contribution in [3.05, 3.63) is 64.7 Å². The summed E-state index contributed by atoms with van der Waals surface area (Å²) in [7, 11) is 0. The van der Waals surface area contributed by atoms with Crippen molar-refractivity contribution in [3.8, 4) is 11.8 Å². The highest BCUT2D eigenvalue weighted by atomic mass is 19.1. The van der Waals surface area contributed by atoms with Crippen LogP contribution in [0.1, 0.15) is 54.0 Å². The Morgan fingerprint density at radius 3 is 2.81 bits per heavy atom. The third-order valence-corrected chi connectivity index (χ3v) is 5.24. The van der Waals surface area contributed by atoms with Crippen molar-refractivity contribution in [2.24, 2.45) is 0 Å². The first-order valence-electron chi connectivity index (χ1n) is 8.88. The van der Waals surface area contributed by atoms with Crippen LogP contribution in [0.15, 0.2) is 36.5 Å². The molecule has 1 aliphatic carbocycles. The summed E-state index contributed by atoms with van der Waals surface area (Å²) in [6.45, 7) is 0.355. The average molecular weight is 350 g/mol. The van der Waals surface area contributed by atoms with E-state index in [0.29, 0.717) is 17.7 Å². The monoisotopic (exact) mass is 350 g/mol. The number of carboxylic acid groups (broad SMARTS) is 1. The smallest absolute Gasteiger partial charge is 0.407 e. The molecule has 5 heteroatoms. The standard InChI is InChI=1S/C21H19FN2O2/c22-17-5-3-4-14(11-17)8-9-15-10-16-13-24(21(25)26)19-7-2-1-6-18(19)20(16)23-12-15/h3-5,10-12,18-19H,1-2,6-7,13H2,(H,25,26). The summed E-state index contributed by atoms with van der Waals surface area (Å²) < 4.78 is 13.3. The quantitative estimate of drug-likeness (QED) is 0.727. The molecule has 132 valence electrons. The zero-order chi connectivity index (χ0) is 18.1. The molecule has 2 aliphatic rings. The van der Waals surface area contributed by atoms with Gasteiger partial charge in [0.2, 0.25) is 0 Å². The number of nitrogens with zero attached hydrogens (tertiary/aromatic N) is 2. The lowest BCUT2D eigenvalue weighted by molar-refractivity contribution is 0.0882. The number of amides is 1. The summed E-state index contributed by atoms with van der Waals surface area (Å²) in [4.78, 5) is 17.9. The van der Waals surface area contributed by atoms with Gasteiger partial charge in [-0.3, -0.25) is 4.98 Å². The maximum absolute atomic E-state index is 13.3. The molecule has 1 fully saturated rings. The van der Waals surface area contributed by atoms with Gasteiger partial charge < -0.3 is 10.0 Å². The average Bonchev–Trinajstić information content (AvgIpc) is 2.65. The molecule has 1 aromatic heterocycles. The topological polar surface area (TPSA) is 53.4 Å². The van der Waals surface area contributed by atoms with Crippen LogP contribution in [-0.2, 0) is 6.54 Å². The van der Waals surface area contributed by atoms with Gasteiger partial charge >= 0.3 is 6.09 Å². The summed E-state index contributed by atoms with van der Waals surface area (Å²) in [5.41, 5.74) is 3.26. The van der Waals surface area contributed by atoms with Gasteiger partial charge in [-0.05, 0) is 42.7 Å². The van der Waals surface area contributed by atoms with Gasteiger partial charge in [-0.15, -0.1) is 0 Å². The zero-order valence-corrected chi connectivity index (χ0v) is 14.3. The molecule has 2 aromatic rings. The molecule has 26 heavy (non-hydrogen) atoms. The van der Waals surface area contributed by atoms with E-state index in [1.165, 1.54) is 12.1 Å². The normalized spacial score (nSPS) is 21.2. The number of rotatable bonds is 0. The Balaban J connectivity index is 1.67. The maximum atomic E-state index is 13.3. The first-order chi connectivity index (χ1) is 12.6. The van der Waals surface area contributed by atoms with E-state index < -0.39 is 6.09 Å². The van der Waals surface area contributed by atoms with E-state index in [2.05, 4.69) is 16.8 Å². The molecule has 2 atom stereocenters. The van der Waals surface area contributed by atoms with Crippen molar-refractivity contribution >= 4 is 6.09 Å². The lowest BCUT2D eigenvalue weighted by Gasteiger charge is -2.43. The van der Waals surface area contributed by atoms with Crippen molar-refractivity contribution in [2.75, 3.05) is 0 Å². The molecule has 4 nitrogen and oxygen atoms in total. The second-order valence-corrected chi connectivity index (χ2v) is 6.90. The van der Waals surface area contributed by atoms with E-state index in [-0.39, 0.29) is 17.8 Å². The van der Waals surface area contributed by atoms with Crippen LogP contribution in [0, 0.1) is 17.7 Å². The summed E-state index contributed by atoms with van der Waals surface area (Å²) >= 11 is 0. The van der Waals surface area contributed by atoms with Crippen molar-refractivity contribution in [2.45, 2.75) is 44.2 Å². The predicted octanol–water partition coefficient (Wildman–Crippen LogP) is 4.14. The van der Waals surface area contributed by atoms with E-state index in [1.54, 1.807) is 23.2 Å². The summed E-state index contributed by atoms with van der Waals surface area (Å²) in [5.74, 6) is 5.80. The van der Waals surface area contributed by atoms with Gasteiger partial charge in [-0.2, -0.15) is 0 Å². The Labute approximate surface area is 151 Å². The molecule has 0 radical (unpaired) electrons. The van der Waals surface area contributed by atoms with Gasteiger partial charge in [0.05, 0.1) is 12.2 Å². The van der Waals surface area contributed by atoms with Gasteiger partial charge in [0.15, 0.2) is 0 Å². The third kappa shape index (κ3) is 3.15. The summed E-state index contributed by atoms with van der Waals surface area (Å²) in [5, 5.41) is 9.59. The fourth-order valence-corrected chi connectivity index (χ4v) is 4.07. The number of hydrogen-bond donors (Lipinski definition) is 1. The Morgan fingerprint density at radius 1 is 1.19 bits per heavy atom. The van der Waals surface area contributed by atoms with Crippen LogP contribution in [0.5, 0.6) is 0 Å². The Morgan fingerprint density at radius 2 is 2.00 bits per heavy atom. The van der Waals surface area contributed by atoms with E-state index in [1.807, 2.05) is 6.07 Å². The summed E-state index contributed by atoms with van der Waals surface area (Å²) in [6, 6.07) is 8.10. The first-order valence-corrected chi connectivity index (χ1v) is 8.88. The zero-order valence-electron chi connectivity index (χ0n) is 14.3. The molecule has 1 aromatic carbocycles. The molecule has 2 unspecified atom stereocenters. The predicted molar refractivity (Wildman–Crippen MR) is 95.2 cm³/mol. The van der Waals surface area contributed by atoms with Gasteiger partial charge in [0.1, 0.15) is 5.82 Å². The van der Waals surface area contributed by atoms with E-state index in [9.17, 15) is 14.3 Å². The maximum Gasteiger partial charge on any atom is 0.407 e. The number of halogens is 1. The number of fused-ring (bicyclic) bond motifs is 3. The Bertz CT molecular complexity index is 916. The second-order valence-electron chi connectivity index (χ2n) is 6.90.